The fourth-order valence-corrected chi connectivity index (χ4v) is 1.34. The molecule has 2 aliphatic heterocycles. The molecule has 2 heterocycles. The maximum absolute atomic E-state index is 10.5. The molecular weight excluding hydrogens is 559 g/mol. The molecule has 13 heteroatoms. The van der Waals surface area contributed by atoms with Gasteiger partial charge < -0.3 is 35.2 Å². The van der Waals surface area contributed by atoms with Gasteiger partial charge in [-0.25, -0.2) is 4.79 Å². The molecule has 0 aromatic carbocycles. The van der Waals surface area contributed by atoms with E-state index in [-0.39, 0.29) is 41.4 Å². The summed E-state index contributed by atoms with van der Waals surface area (Å²) in [6, 6.07) is 0. The van der Waals surface area contributed by atoms with Crippen LogP contribution in [0, 0.1) is 0 Å². The first-order valence-corrected chi connectivity index (χ1v) is 7.21. The third-order valence-corrected chi connectivity index (χ3v) is 2.32. The number of ether oxygens (including phenoxy) is 2. The Balaban J connectivity index is -0.000000309. The van der Waals surface area contributed by atoms with Gasteiger partial charge in [0.2, 0.25) is 5.76 Å². The van der Waals surface area contributed by atoms with E-state index in [0.29, 0.717) is 0 Å². The number of cyclic esters (lactones) is 1. The molecule has 0 unspecified atom stereocenters. The molecule has 2 aliphatic rings. The fourth-order valence-electron chi connectivity index (χ4n) is 1.34. The van der Waals surface area contributed by atoms with Crippen LogP contribution in [0.1, 0.15) is 0 Å². The van der Waals surface area contributed by atoms with Crippen LogP contribution in [0.2, 0.25) is 0 Å². The molecule has 23 heavy (non-hydrogen) atoms. The molecule has 0 bridgehead atoms. The Morgan fingerprint density at radius 2 is 1.74 bits per heavy atom. The Bertz CT molecular complexity index is 390. The van der Waals surface area contributed by atoms with E-state index in [1.54, 1.807) is 0 Å². The van der Waals surface area contributed by atoms with Crippen LogP contribution in [0.3, 0.4) is 0 Å². The topological polar surface area (TPSA) is 163 Å². The fraction of sp³-hybridized carbons (Fsp3) is 0.700. The van der Waals surface area contributed by atoms with E-state index in [1.807, 2.05) is 0 Å². The van der Waals surface area contributed by atoms with Crippen molar-refractivity contribution in [3.63, 3.8) is 0 Å². The summed E-state index contributed by atoms with van der Waals surface area (Å²) in [7, 11) is 0. The normalized spacial score (nSPS) is 20.3. The second-order valence-corrected chi connectivity index (χ2v) is 4.03. The van der Waals surface area contributed by atoms with E-state index in [1.165, 1.54) is 0 Å². The van der Waals surface area contributed by atoms with Gasteiger partial charge in [0, 0.05) is 13.1 Å². The summed E-state index contributed by atoms with van der Waals surface area (Å²) in [6.45, 7) is 3.16. The molecule has 0 spiro atoms. The van der Waals surface area contributed by atoms with E-state index in [4.69, 9.17) is 32.8 Å². The van der Waals surface area contributed by atoms with Crippen molar-refractivity contribution in [2.24, 2.45) is 0 Å². The van der Waals surface area contributed by atoms with E-state index in [2.05, 4.69) is 10.1 Å². The first-order chi connectivity index (χ1) is 9.99. The Labute approximate surface area is 166 Å². The zero-order chi connectivity index (χ0) is 16.3. The summed E-state index contributed by atoms with van der Waals surface area (Å²) in [6.07, 6.45) is -2.78. The molecule has 0 aromatic heterocycles. The summed E-state index contributed by atoms with van der Waals surface area (Å²) in [5.74, 6) is -2.78. The number of rotatable bonds is 2. The summed E-state index contributed by atoms with van der Waals surface area (Å²) in [4.78, 5) is 10.5. The maximum atomic E-state index is 10.5. The second-order valence-electron chi connectivity index (χ2n) is 3.74. The van der Waals surface area contributed by atoms with Crippen LogP contribution in [0.4, 0.5) is 0 Å². The van der Waals surface area contributed by atoms with E-state index in [9.17, 15) is 4.79 Å². The number of carbonyl (C=O) groups excluding carboxylic acids is 1. The van der Waals surface area contributed by atoms with E-state index in [0.717, 1.165) is 26.3 Å². The minimum absolute atomic E-state index is 0. The molecule has 0 amide bonds. The van der Waals surface area contributed by atoms with Gasteiger partial charge in [-0.3, -0.25) is 0 Å². The molecule has 2 atom stereocenters. The number of halogens is 1. The molecule has 0 saturated carbocycles. The number of esters is 1. The van der Waals surface area contributed by atoms with Crippen molar-refractivity contribution >= 4 is 62.2 Å². The molecule has 1 saturated heterocycles. The molecule has 138 valence electrons. The Morgan fingerprint density at radius 1 is 1.26 bits per heavy atom. The monoisotopic (exact) mass is 579 g/mol. The van der Waals surface area contributed by atoms with Gasteiger partial charge in [-0.1, -0.05) is 0 Å². The van der Waals surface area contributed by atoms with Crippen molar-refractivity contribution in [2.45, 2.75) is 12.2 Å². The Morgan fingerprint density at radius 3 is 1.96 bits per heavy atom. The van der Waals surface area contributed by atoms with Crippen molar-refractivity contribution in [2.75, 3.05) is 32.9 Å². The number of morpholine rings is 1. The predicted molar refractivity (Wildman–Crippen MR) is 86.3 cm³/mol. The molecule has 1 fully saturated rings. The average Bonchev–Trinajstić information content (AvgIpc) is 2.77. The molecule has 10 nitrogen and oxygen atoms in total. The van der Waals surface area contributed by atoms with Gasteiger partial charge in [-0.2, -0.15) is 0 Å². The number of aliphatic hydroxyl groups is 4. The van der Waals surface area contributed by atoms with Crippen molar-refractivity contribution in [1.29, 1.82) is 0 Å². The van der Waals surface area contributed by atoms with Crippen LogP contribution >= 0.6 is 17.0 Å². The zero-order valence-corrected chi connectivity index (χ0v) is 19.5. The van der Waals surface area contributed by atoms with Gasteiger partial charge in [0.05, 0.1) is 19.8 Å². The van der Waals surface area contributed by atoms with Crippen LogP contribution in [0.25, 0.3) is 0 Å². The van der Waals surface area contributed by atoms with Crippen molar-refractivity contribution < 1.29 is 42.4 Å². The van der Waals surface area contributed by atoms with Gasteiger partial charge in [-0.15, -0.1) is 17.0 Å². The SMILES string of the molecule is Br.C1COCCN1.O=C1O[C@H]([C@H](O)CO)C(O)=C1O.O=[Se]=O.[SbH3]. The number of nitrogens with one attached hydrogen (secondary N) is 1. The summed E-state index contributed by atoms with van der Waals surface area (Å²) < 4.78 is 26.2. The van der Waals surface area contributed by atoms with Crippen LogP contribution in [0.15, 0.2) is 11.5 Å². The first-order valence-electron chi connectivity index (χ1n) is 5.81. The standard InChI is InChI=1S/C6H8O6.C4H9NO.BrH.O2Se.Sb.3H/c7-1-2(8)5-3(9)4(10)6(11)12-5;1-3-6-4-2-5-1;;1-3-2;;;;/h2,5,7-10H,1H2;5H,1-4H2;1H;;;;;/t2-,5-;;;;;;;/m1......./s1. The summed E-state index contributed by atoms with van der Waals surface area (Å²) in [5.41, 5.74) is 0. The molecular formula is C10H21BrNO9SbSe. The number of hydrogen-bond acceptors (Lipinski definition) is 10. The van der Waals surface area contributed by atoms with Crippen LogP contribution < -0.4 is 5.32 Å². The molecule has 5 N–H and O–H groups in total. The molecule has 2 rings (SSSR count). The van der Waals surface area contributed by atoms with Crippen molar-refractivity contribution in [1.82, 2.24) is 5.32 Å². The van der Waals surface area contributed by atoms with E-state index < -0.39 is 51.1 Å². The first kappa shape index (κ1) is 27.9. The van der Waals surface area contributed by atoms with Crippen LogP contribution in [-0.2, 0) is 21.9 Å². The van der Waals surface area contributed by atoms with Gasteiger partial charge >= 0.3 is 52.9 Å². The average molecular weight is 580 g/mol. The summed E-state index contributed by atoms with van der Waals surface area (Å²) >= 11 is -1.62. The quantitative estimate of drug-likeness (QED) is 0.168. The zero-order valence-electron chi connectivity index (χ0n) is 12.0. The van der Waals surface area contributed by atoms with Gasteiger partial charge in [-0.05, 0) is 0 Å². The third-order valence-electron chi connectivity index (χ3n) is 2.32. The number of hydrogen-bond donors (Lipinski definition) is 5. The van der Waals surface area contributed by atoms with Crippen molar-refractivity contribution in [3.8, 4) is 0 Å². The van der Waals surface area contributed by atoms with Crippen molar-refractivity contribution in [3.05, 3.63) is 11.5 Å². The molecule has 0 aliphatic carbocycles. The predicted octanol–water partition coefficient (Wildman–Crippen LogP) is -3.03. The Kier molecular flexibility index (Phi) is 20.5. The van der Waals surface area contributed by atoms with E-state index >= 15 is 0 Å². The van der Waals surface area contributed by atoms with Crippen LogP contribution in [-0.4, -0.2) is 111 Å². The molecule has 0 radical (unpaired) electrons. The van der Waals surface area contributed by atoms with Gasteiger partial charge in [0.25, 0.3) is 0 Å². The Hall–Kier alpha value is 0.0677. The minimum atomic E-state index is -1.62. The summed E-state index contributed by atoms with van der Waals surface area (Å²) in [5, 5.41) is 38.2. The number of carbonyl (C=O) groups is 1. The van der Waals surface area contributed by atoms with Crippen LogP contribution in [0.5, 0.6) is 0 Å². The van der Waals surface area contributed by atoms with Gasteiger partial charge in [0.15, 0.2) is 11.9 Å². The van der Waals surface area contributed by atoms with Gasteiger partial charge in [0.1, 0.15) is 6.10 Å². The third kappa shape index (κ3) is 11.3. The molecule has 0 aromatic rings. The number of aliphatic hydroxyl groups excluding tert-OH is 4. The second kappa shape index (κ2) is 16.9.